The van der Waals surface area contributed by atoms with Gasteiger partial charge >= 0.3 is 18.3 Å². The fourth-order valence-corrected chi connectivity index (χ4v) is 10.8. The molecule has 0 radical (unpaired) electrons. The Bertz CT molecular complexity index is 3090. The molecule has 0 unspecified atom stereocenters. The minimum Gasteiger partial charge on any atom is -0.545 e. The van der Waals surface area contributed by atoms with E-state index in [4.69, 9.17) is 5.11 Å². The minimum atomic E-state index is -4.39. The van der Waals surface area contributed by atoms with E-state index in [9.17, 15) is 50.6 Å². The Kier molecular flexibility index (Phi) is 18.8. The van der Waals surface area contributed by atoms with Crippen LogP contribution in [0.25, 0.3) is 20.4 Å². The number of benzene rings is 4. The molecule has 8 aromatic rings. The van der Waals surface area contributed by atoms with E-state index in [1.165, 1.54) is 104 Å². The van der Waals surface area contributed by atoms with Crippen LogP contribution in [0.15, 0.2) is 132 Å². The summed E-state index contributed by atoms with van der Waals surface area (Å²) in [5.74, 6) is -2.75. The number of carboxylic acid groups (broad SMARTS) is 2. The number of thiophene rings is 2. The smallest absolute Gasteiger partial charge is 0.416 e. The Balaban J connectivity index is 0.000000193. The molecule has 19 heteroatoms. The van der Waals surface area contributed by atoms with Crippen LogP contribution in [0.2, 0.25) is 0 Å². The molecule has 5 N–H and O–H groups in total. The molecule has 0 spiro atoms. The number of quaternary nitrogens is 1. The van der Waals surface area contributed by atoms with Gasteiger partial charge in [-0.3, -0.25) is 9.59 Å². The Morgan fingerprint density at radius 3 is 1.23 bits per heavy atom. The van der Waals surface area contributed by atoms with Gasteiger partial charge in [-0.05, 0) is 116 Å². The molecule has 2 amide bonds. The maximum Gasteiger partial charge on any atom is 0.416 e. The Hall–Kier alpha value is -7.22. The van der Waals surface area contributed by atoms with Crippen LogP contribution in [0.4, 0.5) is 26.3 Å². The van der Waals surface area contributed by atoms with Crippen molar-refractivity contribution in [2.75, 3.05) is 13.1 Å². The van der Waals surface area contributed by atoms with Gasteiger partial charge in [-0.1, -0.05) is 93.8 Å². The molecule has 11 nitrogen and oxygen atoms in total. The van der Waals surface area contributed by atoms with E-state index in [0.29, 0.717) is 35.3 Å². The number of carbonyl (C=O) groups excluding carboxylic acids is 3. The highest BCUT2D eigenvalue weighted by molar-refractivity contribution is 7.17. The van der Waals surface area contributed by atoms with Crippen molar-refractivity contribution in [3.8, 4) is 0 Å². The Labute approximate surface area is 455 Å². The summed E-state index contributed by atoms with van der Waals surface area (Å²) in [6.07, 6.45) is 1.94. The third-order valence-corrected chi connectivity index (χ3v) is 15.4. The van der Waals surface area contributed by atoms with Gasteiger partial charge in [0.25, 0.3) is 11.8 Å². The molecule has 0 saturated heterocycles. The lowest BCUT2D eigenvalue weighted by Gasteiger charge is -2.19. The molecule has 4 aromatic carbocycles. The molecule has 78 heavy (non-hydrogen) atoms. The van der Waals surface area contributed by atoms with Crippen molar-refractivity contribution in [3.63, 3.8) is 0 Å². The molecule has 2 aliphatic carbocycles. The molecule has 10 rings (SSSR count). The fraction of sp³-hybridized carbons (Fsp3) is 0.322. The lowest BCUT2D eigenvalue weighted by molar-refractivity contribution is -0.648. The minimum absolute atomic E-state index is 0.0755. The van der Waals surface area contributed by atoms with E-state index in [1.807, 2.05) is 33.7 Å². The van der Waals surface area contributed by atoms with Crippen molar-refractivity contribution < 1.29 is 61.1 Å². The second kappa shape index (κ2) is 25.1. The molecule has 2 fully saturated rings. The van der Waals surface area contributed by atoms with E-state index in [-0.39, 0.29) is 22.9 Å². The molecule has 4 heterocycles. The number of hydrogen-bond acceptors (Lipinski definition) is 7. The molecular weight excluding hydrogens is 1050 g/mol. The number of nitrogens with two attached hydrogens (primary N) is 1. The molecule has 0 aliphatic heterocycles. The average molecular weight is 1110 g/mol. The van der Waals surface area contributed by atoms with Gasteiger partial charge in [0.15, 0.2) is 0 Å². The van der Waals surface area contributed by atoms with E-state index >= 15 is 0 Å². The number of rotatable bonds is 16. The first-order valence-electron chi connectivity index (χ1n) is 25.7. The van der Waals surface area contributed by atoms with E-state index in [1.54, 1.807) is 35.0 Å². The second-order valence-corrected chi connectivity index (χ2v) is 21.1. The van der Waals surface area contributed by atoms with Crippen LogP contribution < -0.4 is 21.1 Å². The number of nitrogens with one attached hydrogen (secondary N) is 2. The SMILES string of the molecule is CCCCC.CC[NH2+]CC.O=C(O)c1ccc(C2(NC(=O)c3csc4ccn(Cc5ccc(C(F)(F)F)cc5)c34)CC2)cc1.O=C([O-])c1ccc(C2(NC(=O)c3csc4ccn(Cc5ccc(C(F)(F)F)cc5)c34)CC2)cc1. The largest absolute Gasteiger partial charge is 0.545 e. The zero-order valence-electron chi connectivity index (χ0n) is 43.5. The van der Waals surface area contributed by atoms with Crippen molar-refractivity contribution in [1.82, 2.24) is 19.8 Å². The van der Waals surface area contributed by atoms with Crippen LogP contribution >= 0.6 is 22.7 Å². The number of halogens is 6. The summed E-state index contributed by atoms with van der Waals surface area (Å²) >= 11 is 2.86. The summed E-state index contributed by atoms with van der Waals surface area (Å²) in [6, 6.07) is 26.6. The monoisotopic (exact) mass is 1110 g/mol. The van der Waals surface area contributed by atoms with Crippen molar-refractivity contribution in [1.29, 1.82) is 0 Å². The normalized spacial score (nSPS) is 14.0. The maximum atomic E-state index is 13.2. The van der Waals surface area contributed by atoms with Crippen molar-refractivity contribution in [3.05, 3.63) is 188 Å². The number of hydrogen-bond donors (Lipinski definition) is 4. The van der Waals surface area contributed by atoms with Crippen molar-refractivity contribution in [2.24, 2.45) is 0 Å². The second-order valence-electron chi connectivity index (χ2n) is 19.3. The standard InChI is InChI=1S/2C25H19F3N2O3S.C5H12.C4H11N/c2*26-25(27,28)18-5-1-15(2-6-18)13-30-12-9-20-21(30)19(14-34-20)22(31)29-24(10-11-24)17-7-3-16(4-8-17)23(32)33;2*1-3-5-4-2/h2*1-9,12,14H,10-11,13H2,(H,29,31)(H,32,33);3-5H2,1-2H3;5H,3-4H2,1-2H3. The summed E-state index contributed by atoms with van der Waals surface area (Å²) < 4.78 is 82.6. The maximum absolute atomic E-state index is 13.2. The zero-order valence-corrected chi connectivity index (χ0v) is 45.2. The predicted octanol–water partition coefficient (Wildman–Crippen LogP) is 12.2. The Morgan fingerprint density at radius 2 is 0.949 bits per heavy atom. The van der Waals surface area contributed by atoms with Gasteiger partial charge in [-0.15, -0.1) is 22.7 Å². The van der Waals surface area contributed by atoms with Crippen molar-refractivity contribution in [2.45, 2.75) is 109 Å². The third-order valence-electron chi connectivity index (χ3n) is 13.6. The quantitative estimate of drug-likeness (QED) is 0.0704. The molecule has 412 valence electrons. The number of aromatic carboxylic acids is 2. The average Bonchev–Trinajstić information content (AvgIpc) is 4.12. The highest BCUT2D eigenvalue weighted by atomic mass is 32.1. The molecule has 2 saturated carbocycles. The Morgan fingerprint density at radius 1 is 0.577 bits per heavy atom. The lowest BCUT2D eigenvalue weighted by atomic mass is 10.0. The summed E-state index contributed by atoms with van der Waals surface area (Å²) in [5, 5.41) is 32.1. The number of carboxylic acids is 2. The number of nitrogens with zero attached hydrogens (tertiary/aromatic N) is 2. The lowest BCUT2D eigenvalue weighted by Crippen LogP contribution is -2.82. The third kappa shape index (κ3) is 14.3. The van der Waals surface area contributed by atoms with Gasteiger partial charge in [-0.25, -0.2) is 4.79 Å². The number of aromatic nitrogens is 2. The van der Waals surface area contributed by atoms with Gasteiger partial charge in [0.2, 0.25) is 0 Å². The molecule has 4 aromatic heterocycles. The van der Waals surface area contributed by atoms with E-state index in [0.717, 1.165) is 81.5 Å². The summed E-state index contributed by atoms with van der Waals surface area (Å²) in [6.45, 7) is 11.8. The highest BCUT2D eigenvalue weighted by Gasteiger charge is 2.47. The highest BCUT2D eigenvalue weighted by Crippen LogP contribution is 2.47. The molecule has 0 bridgehead atoms. The number of fused-ring (bicyclic) bond motifs is 2. The molecule has 0 atom stereocenters. The predicted molar refractivity (Wildman–Crippen MR) is 290 cm³/mol. The van der Waals surface area contributed by atoms with Gasteiger partial charge < -0.3 is 40.1 Å². The van der Waals surface area contributed by atoms with Gasteiger partial charge in [-0.2, -0.15) is 26.3 Å². The van der Waals surface area contributed by atoms with Crippen LogP contribution in [0, 0.1) is 0 Å². The summed E-state index contributed by atoms with van der Waals surface area (Å²) in [7, 11) is 0. The van der Waals surface area contributed by atoms with Crippen LogP contribution in [0.5, 0.6) is 0 Å². The fourth-order valence-electron chi connectivity index (χ4n) is 8.89. The van der Waals surface area contributed by atoms with E-state index in [2.05, 4.69) is 43.6 Å². The topological polar surface area (TPSA) is 162 Å². The first-order chi connectivity index (χ1) is 37.1. The van der Waals surface area contributed by atoms with Gasteiger partial charge in [0.1, 0.15) is 0 Å². The zero-order chi connectivity index (χ0) is 56.4. The number of unbranched alkanes of at least 4 members (excludes halogenated alkanes) is 2. The van der Waals surface area contributed by atoms with Gasteiger partial charge in [0, 0.05) is 36.2 Å². The van der Waals surface area contributed by atoms with Crippen LogP contribution in [-0.4, -0.2) is 51.1 Å². The first-order valence-corrected chi connectivity index (χ1v) is 27.5. The number of carbonyl (C=O) groups is 4. The molecular formula is C59H61F6N5O6S2. The van der Waals surface area contributed by atoms with Gasteiger partial charge in [0.05, 0.1) is 78.4 Å². The first kappa shape index (κ1) is 58.5. The summed E-state index contributed by atoms with van der Waals surface area (Å²) in [5.41, 5.74) is 3.34. The van der Waals surface area contributed by atoms with Crippen LogP contribution in [0.1, 0.15) is 147 Å². The van der Waals surface area contributed by atoms with Crippen molar-refractivity contribution >= 4 is 66.9 Å². The molecule has 2 aliphatic rings. The van der Waals surface area contributed by atoms with E-state index < -0.39 is 46.5 Å². The van der Waals surface area contributed by atoms with Crippen LogP contribution in [0.3, 0.4) is 0 Å². The number of alkyl halides is 6. The van der Waals surface area contributed by atoms with Crippen LogP contribution in [-0.2, 0) is 36.5 Å². The summed E-state index contributed by atoms with van der Waals surface area (Å²) in [4.78, 5) is 48.6. The number of amides is 2.